The van der Waals surface area contributed by atoms with E-state index in [2.05, 4.69) is 34.3 Å². The molecular formula is C61H70ClN7O13S. The summed E-state index contributed by atoms with van der Waals surface area (Å²) < 4.78 is 34.2. The molecule has 4 aromatic carbocycles. The van der Waals surface area contributed by atoms with E-state index >= 15 is 0 Å². The molecule has 1 aromatic heterocycles. The van der Waals surface area contributed by atoms with Gasteiger partial charge in [0.05, 0.1) is 43.8 Å². The Kier molecular flexibility index (Phi) is 18.0. The number of carbonyl (C=O) groups is 6. The van der Waals surface area contributed by atoms with Crippen LogP contribution in [-0.4, -0.2) is 149 Å². The predicted molar refractivity (Wildman–Crippen MR) is 313 cm³/mol. The summed E-state index contributed by atoms with van der Waals surface area (Å²) in [6.45, 7) is 7.34. The Labute approximate surface area is 491 Å². The molecule has 5 aromatic rings. The van der Waals surface area contributed by atoms with Crippen molar-refractivity contribution in [3.05, 3.63) is 142 Å². The number of aliphatic hydroxyl groups excluding tert-OH is 1. The second-order valence-electron chi connectivity index (χ2n) is 21.9. The number of ether oxygens (including phenoxy) is 5. The molecule has 2 fully saturated rings. The number of allylic oxidation sites excluding steroid dienone is 3. The number of likely N-dealkylation sites (N-methyl/N-ethyl adjacent to an activating group) is 1. The molecule has 4 aliphatic rings. The average molecular weight is 1180 g/mol. The Hall–Kier alpha value is -7.40. The van der Waals surface area contributed by atoms with E-state index in [1.54, 1.807) is 57.2 Å². The van der Waals surface area contributed by atoms with Gasteiger partial charge in [-0.15, -0.1) is 0 Å². The Bertz CT molecular complexity index is 3350. The van der Waals surface area contributed by atoms with Crippen LogP contribution < -0.4 is 19.7 Å². The lowest BCUT2D eigenvalue weighted by Crippen LogP contribution is -2.63. The smallest absolute Gasteiger partial charge is 0.424 e. The summed E-state index contributed by atoms with van der Waals surface area (Å²) in [5.74, 6) is -2.34. The second kappa shape index (κ2) is 24.8. The van der Waals surface area contributed by atoms with Gasteiger partial charge in [0, 0.05) is 70.6 Å². The van der Waals surface area contributed by atoms with E-state index in [0.29, 0.717) is 29.8 Å². The van der Waals surface area contributed by atoms with Gasteiger partial charge in [-0.1, -0.05) is 109 Å². The summed E-state index contributed by atoms with van der Waals surface area (Å²) in [6.07, 6.45) is -1.79. The molecule has 440 valence electrons. The lowest BCUT2D eigenvalue weighted by molar-refractivity contribution is -0.158. The van der Waals surface area contributed by atoms with Crippen LogP contribution in [0.15, 0.2) is 115 Å². The van der Waals surface area contributed by atoms with Gasteiger partial charge >= 0.3 is 23.4 Å². The SMILES string of the molecule is COc1cc2cc(c1Cl)N(C)C(=O)C[C@H](OC(=O)[C@H](C)N(C)C(=O)SNC(=O)CCn1c(CN(C)N(C)C(=O)OCC3c4ccccc4-c4ccccc43)cc3ccccc31)[C@]1(C)OC1[C@H](C)[C@@H]1C[C@@](O)(NC(=O)O1)[C@H](O)/C=C/C=C(\C)C2. The largest absolute Gasteiger partial charge is 0.495 e. The summed E-state index contributed by atoms with van der Waals surface area (Å²) in [6, 6.07) is 28.2. The number of esters is 1. The van der Waals surface area contributed by atoms with Crippen molar-refractivity contribution in [1.82, 2.24) is 29.5 Å². The van der Waals surface area contributed by atoms with Crippen molar-refractivity contribution < 1.29 is 62.7 Å². The third-order valence-electron chi connectivity index (χ3n) is 16.4. The number of methoxy groups -OCH3 is 1. The number of nitrogens with zero attached hydrogens (tertiary/aromatic N) is 5. The fraction of sp³-hybridized carbons (Fsp3) is 0.410. The van der Waals surface area contributed by atoms with E-state index < -0.39 is 89.3 Å². The molecule has 4 bridgehead atoms. The van der Waals surface area contributed by atoms with E-state index in [1.807, 2.05) is 66.1 Å². The van der Waals surface area contributed by atoms with Gasteiger partial charge in [0.25, 0.3) is 0 Å². The maximum atomic E-state index is 14.4. The van der Waals surface area contributed by atoms with Crippen LogP contribution in [0.3, 0.4) is 0 Å². The number of aliphatic hydroxyl groups is 2. The molecule has 20 nitrogen and oxygen atoms in total. The number of carbonyl (C=O) groups excluding carboxylic acids is 6. The number of epoxide rings is 1. The molecule has 0 radical (unpaired) electrons. The van der Waals surface area contributed by atoms with Gasteiger partial charge in [0.1, 0.15) is 47.3 Å². The predicted octanol–water partition coefficient (Wildman–Crippen LogP) is 8.49. The number of hydrogen-bond acceptors (Lipinski definition) is 15. The van der Waals surface area contributed by atoms with Crippen molar-refractivity contribution in [3.63, 3.8) is 0 Å². The summed E-state index contributed by atoms with van der Waals surface area (Å²) in [5, 5.41) is 28.7. The Morgan fingerprint density at radius 3 is 2.36 bits per heavy atom. The van der Waals surface area contributed by atoms with Crippen molar-refractivity contribution in [3.8, 4) is 16.9 Å². The molecule has 9 rings (SSSR count). The number of alkyl carbamates (subject to hydrolysis) is 1. The highest BCUT2D eigenvalue weighted by atomic mass is 35.5. The van der Waals surface area contributed by atoms with E-state index in [9.17, 15) is 39.0 Å². The number of hydrogen-bond donors (Lipinski definition) is 4. The molecule has 1 aliphatic carbocycles. The molecule has 0 spiro atoms. The third-order valence-corrected chi connectivity index (χ3v) is 17.6. The molecule has 22 heteroatoms. The van der Waals surface area contributed by atoms with Gasteiger partial charge in [0.2, 0.25) is 11.8 Å². The van der Waals surface area contributed by atoms with Gasteiger partial charge < -0.3 is 48.3 Å². The summed E-state index contributed by atoms with van der Waals surface area (Å²) in [5.41, 5.74) is 4.56. The van der Waals surface area contributed by atoms with Crippen LogP contribution in [-0.2, 0) is 52.8 Å². The first-order valence-electron chi connectivity index (χ1n) is 27.4. The topological polar surface area (TPSA) is 234 Å². The molecule has 4 heterocycles. The van der Waals surface area contributed by atoms with Crippen LogP contribution in [0.1, 0.15) is 75.3 Å². The number of halogens is 1. The van der Waals surface area contributed by atoms with Crippen LogP contribution in [0.2, 0.25) is 5.02 Å². The lowest BCUT2D eigenvalue weighted by atomic mass is 9.83. The summed E-state index contributed by atoms with van der Waals surface area (Å²) in [4.78, 5) is 84.8. The van der Waals surface area contributed by atoms with Crippen LogP contribution in [0.4, 0.5) is 20.1 Å². The molecule has 3 aliphatic heterocycles. The quantitative estimate of drug-likeness (QED) is 0.0301. The fourth-order valence-corrected chi connectivity index (χ4v) is 12.1. The Morgan fingerprint density at radius 1 is 0.988 bits per heavy atom. The van der Waals surface area contributed by atoms with Gasteiger partial charge in [-0.3, -0.25) is 24.4 Å². The van der Waals surface area contributed by atoms with Crippen molar-refractivity contribution in [1.29, 1.82) is 0 Å². The van der Waals surface area contributed by atoms with Crippen molar-refractivity contribution >= 4 is 75.3 Å². The van der Waals surface area contributed by atoms with E-state index in [1.165, 1.54) is 44.1 Å². The highest BCUT2D eigenvalue weighted by molar-refractivity contribution is 8.12. The zero-order valence-electron chi connectivity index (χ0n) is 47.8. The first kappa shape index (κ1) is 60.2. The van der Waals surface area contributed by atoms with Crippen LogP contribution >= 0.6 is 23.5 Å². The van der Waals surface area contributed by atoms with Crippen molar-refractivity contribution in [2.75, 3.05) is 46.8 Å². The van der Waals surface area contributed by atoms with Gasteiger partial charge in [0.15, 0.2) is 5.72 Å². The minimum absolute atomic E-state index is 0.0337. The number of anilines is 1. The maximum Gasteiger partial charge on any atom is 0.424 e. The minimum Gasteiger partial charge on any atom is -0.495 e. The van der Waals surface area contributed by atoms with Gasteiger partial charge in [-0.25, -0.2) is 24.4 Å². The van der Waals surface area contributed by atoms with Crippen LogP contribution in [0, 0.1) is 5.92 Å². The number of fused-ring (bicyclic) bond motifs is 9. The van der Waals surface area contributed by atoms with E-state index in [0.717, 1.165) is 54.9 Å². The summed E-state index contributed by atoms with van der Waals surface area (Å²) in [7, 11) is 7.78. The molecule has 2 saturated heterocycles. The molecule has 0 saturated carbocycles. The highest BCUT2D eigenvalue weighted by Crippen LogP contribution is 2.50. The zero-order valence-corrected chi connectivity index (χ0v) is 49.4. The van der Waals surface area contributed by atoms with Crippen molar-refractivity contribution in [2.24, 2.45) is 5.92 Å². The van der Waals surface area contributed by atoms with Crippen LogP contribution in [0.25, 0.3) is 22.0 Å². The molecule has 4 N–H and O–H groups in total. The zero-order chi connectivity index (χ0) is 59.7. The highest BCUT2D eigenvalue weighted by Gasteiger charge is 2.64. The first-order chi connectivity index (χ1) is 39.5. The third kappa shape index (κ3) is 12.8. The fourth-order valence-electron chi connectivity index (χ4n) is 11.2. The minimum atomic E-state index is -2.12. The molecule has 5 amide bonds. The number of hydrazine groups is 1. The van der Waals surface area contributed by atoms with Crippen LogP contribution in [0.5, 0.6) is 5.75 Å². The number of aryl methyl sites for hydroxylation is 1. The normalized spacial score (nSPS) is 24.7. The number of aromatic nitrogens is 1. The Morgan fingerprint density at radius 2 is 1.66 bits per heavy atom. The monoisotopic (exact) mass is 1180 g/mol. The molecule has 8 atom stereocenters. The second-order valence-corrected chi connectivity index (χ2v) is 23.1. The lowest BCUT2D eigenvalue weighted by Gasteiger charge is -2.41. The van der Waals surface area contributed by atoms with Gasteiger partial charge in [-0.2, -0.15) is 0 Å². The standard InChI is InChI=1S/C61H70ClN7O13S/c1-35-17-16-24-50(70)61(77)32-49(80-57(74)63-61)36(2)55-60(4,82-55)51(31-53(72)67(7)47-28-38(27-35)29-48(78-9)54(47)62)81-56(73)37(3)66(6)59(76)83-64-52(71)25-26-69-40(30-39-18-10-15-23-46(39)69)33-65(5)68(8)58(75)79-34-45-43-21-13-11-19-41(43)42-20-12-14-22-44(42)45/h10-24,28-30,36-37,45,49-51,55,70,77H,25-27,31-34H2,1-9H3,(H,63,74)(H,64,71)/b24-16+,35-17+/t36-,37+,49+,50-,51+,55?,60+,61+/m1/s1. The number of rotatable bonds is 12. The average Bonchev–Trinajstić information content (AvgIpc) is 4.15. The van der Waals surface area contributed by atoms with E-state index in [4.69, 9.17) is 35.3 Å². The van der Waals surface area contributed by atoms with Crippen molar-refractivity contribution in [2.45, 2.75) is 114 Å². The number of amides is 5. The van der Waals surface area contributed by atoms with E-state index in [-0.39, 0.29) is 43.5 Å². The Balaban J connectivity index is 0.839. The van der Waals surface area contributed by atoms with Gasteiger partial charge in [-0.05, 0) is 84.7 Å². The number of nitrogens with one attached hydrogen (secondary N) is 2. The molecule has 1 unspecified atom stereocenters. The molecular weight excluding hydrogens is 1110 g/mol. The maximum absolute atomic E-state index is 14.4. The first-order valence-corrected chi connectivity index (χ1v) is 28.5. The molecule has 83 heavy (non-hydrogen) atoms. The number of para-hydroxylation sites is 1. The number of benzene rings is 4. The summed E-state index contributed by atoms with van der Waals surface area (Å²) >= 11 is 7.32.